The summed E-state index contributed by atoms with van der Waals surface area (Å²) in [6.45, 7) is 5.10. The molecule has 0 radical (unpaired) electrons. The SMILES string of the molecule is CC(=O)OC=C(C)C. The molecular formula is C6H10O2. The maximum Gasteiger partial charge on any atom is 0.307 e. The highest BCUT2D eigenvalue weighted by Gasteiger charge is 1.84. The maximum absolute atomic E-state index is 10.1. The number of allylic oxidation sites excluding steroid dienone is 1. The highest BCUT2D eigenvalue weighted by atomic mass is 16.5. The van der Waals surface area contributed by atoms with Crippen LogP contribution in [0, 0.1) is 0 Å². The summed E-state index contributed by atoms with van der Waals surface area (Å²) in [7, 11) is 0. The first-order chi connectivity index (χ1) is 3.63. The fourth-order valence-electron chi connectivity index (χ4n) is 0.201. The molecule has 0 fully saturated rings. The zero-order chi connectivity index (χ0) is 6.57. The van der Waals surface area contributed by atoms with Crippen LogP contribution in [0.4, 0.5) is 0 Å². The quantitative estimate of drug-likeness (QED) is 0.381. The van der Waals surface area contributed by atoms with E-state index in [9.17, 15) is 4.79 Å². The molecule has 0 amide bonds. The van der Waals surface area contributed by atoms with Gasteiger partial charge < -0.3 is 4.74 Å². The van der Waals surface area contributed by atoms with Crippen molar-refractivity contribution in [3.8, 4) is 0 Å². The molecule has 0 unspecified atom stereocenters. The highest BCUT2D eigenvalue weighted by Crippen LogP contribution is 1.88. The van der Waals surface area contributed by atoms with E-state index in [0.717, 1.165) is 5.57 Å². The van der Waals surface area contributed by atoms with Crippen molar-refractivity contribution in [2.75, 3.05) is 0 Å². The van der Waals surface area contributed by atoms with Gasteiger partial charge in [0.25, 0.3) is 0 Å². The van der Waals surface area contributed by atoms with Gasteiger partial charge in [0, 0.05) is 6.92 Å². The summed E-state index contributed by atoms with van der Waals surface area (Å²) in [5.74, 6) is -0.272. The van der Waals surface area contributed by atoms with Gasteiger partial charge in [0.2, 0.25) is 0 Å². The van der Waals surface area contributed by atoms with Gasteiger partial charge in [0.05, 0.1) is 6.26 Å². The van der Waals surface area contributed by atoms with Crippen LogP contribution in [0.15, 0.2) is 11.8 Å². The molecule has 0 saturated heterocycles. The van der Waals surface area contributed by atoms with E-state index < -0.39 is 0 Å². The number of ether oxygens (including phenoxy) is 1. The molecule has 0 aliphatic carbocycles. The van der Waals surface area contributed by atoms with Crippen molar-refractivity contribution < 1.29 is 9.53 Å². The minimum absolute atomic E-state index is 0.272. The van der Waals surface area contributed by atoms with Gasteiger partial charge in [-0.15, -0.1) is 0 Å². The van der Waals surface area contributed by atoms with Crippen molar-refractivity contribution in [3.63, 3.8) is 0 Å². The first kappa shape index (κ1) is 7.21. The second-order valence-electron chi connectivity index (χ2n) is 1.80. The van der Waals surface area contributed by atoms with Crippen molar-refractivity contribution in [1.82, 2.24) is 0 Å². The molecule has 0 aliphatic rings. The summed E-state index contributed by atoms with van der Waals surface area (Å²) in [5.41, 5.74) is 0.986. The summed E-state index contributed by atoms with van der Waals surface area (Å²) in [6.07, 6.45) is 1.43. The Morgan fingerprint density at radius 2 is 1.88 bits per heavy atom. The molecule has 0 saturated carbocycles. The van der Waals surface area contributed by atoms with Crippen molar-refractivity contribution >= 4 is 5.97 Å². The molecule has 0 heterocycles. The van der Waals surface area contributed by atoms with E-state index in [1.807, 2.05) is 13.8 Å². The fourth-order valence-corrected chi connectivity index (χ4v) is 0.201. The molecule has 0 atom stereocenters. The third-order valence-corrected chi connectivity index (χ3v) is 0.461. The average molecular weight is 114 g/mol. The molecule has 46 valence electrons. The van der Waals surface area contributed by atoms with E-state index in [0.29, 0.717) is 0 Å². The summed E-state index contributed by atoms with van der Waals surface area (Å²) < 4.78 is 4.50. The molecule has 0 aromatic carbocycles. The molecule has 0 N–H and O–H groups in total. The second-order valence-corrected chi connectivity index (χ2v) is 1.80. The lowest BCUT2D eigenvalue weighted by Gasteiger charge is -1.90. The number of esters is 1. The van der Waals surface area contributed by atoms with E-state index in [1.165, 1.54) is 13.2 Å². The molecule has 0 rings (SSSR count). The Balaban J connectivity index is 3.45. The van der Waals surface area contributed by atoms with Crippen LogP contribution >= 0.6 is 0 Å². The van der Waals surface area contributed by atoms with Crippen LogP contribution in [-0.2, 0) is 9.53 Å². The minimum Gasteiger partial charge on any atom is -0.435 e. The number of rotatable bonds is 1. The fraction of sp³-hybridized carbons (Fsp3) is 0.500. The van der Waals surface area contributed by atoms with Crippen LogP contribution in [0.2, 0.25) is 0 Å². The predicted molar refractivity (Wildman–Crippen MR) is 31.2 cm³/mol. The van der Waals surface area contributed by atoms with Crippen LogP contribution in [0.1, 0.15) is 20.8 Å². The molecule has 2 heteroatoms. The Hall–Kier alpha value is -0.790. The Kier molecular flexibility index (Phi) is 2.92. The summed E-state index contributed by atoms with van der Waals surface area (Å²) in [4.78, 5) is 10.1. The summed E-state index contributed by atoms with van der Waals surface area (Å²) in [5, 5.41) is 0. The smallest absolute Gasteiger partial charge is 0.307 e. The standard InChI is InChI=1S/C6H10O2/c1-5(2)4-8-6(3)7/h4H,1-3H3. The molecule has 0 bridgehead atoms. The summed E-state index contributed by atoms with van der Waals surface area (Å²) >= 11 is 0. The Morgan fingerprint density at radius 1 is 1.38 bits per heavy atom. The summed E-state index contributed by atoms with van der Waals surface area (Å²) in [6, 6.07) is 0. The first-order valence-corrected chi connectivity index (χ1v) is 2.43. The lowest BCUT2D eigenvalue weighted by Crippen LogP contribution is -1.89. The van der Waals surface area contributed by atoms with Gasteiger partial charge in [0.15, 0.2) is 0 Å². The van der Waals surface area contributed by atoms with E-state index >= 15 is 0 Å². The lowest BCUT2D eigenvalue weighted by atomic mass is 10.4. The van der Waals surface area contributed by atoms with Crippen molar-refractivity contribution in [3.05, 3.63) is 11.8 Å². The van der Waals surface area contributed by atoms with E-state index in [1.54, 1.807) is 0 Å². The highest BCUT2D eigenvalue weighted by molar-refractivity contribution is 5.66. The first-order valence-electron chi connectivity index (χ1n) is 2.43. The van der Waals surface area contributed by atoms with Gasteiger partial charge in [-0.1, -0.05) is 0 Å². The van der Waals surface area contributed by atoms with E-state index in [-0.39, 0.29) is 5.97 Å². The second kappa shape index (κ2) is 3.24. The molecule has 0 aromatic heterocycles. The van der Waals surface area contributed by atoms with Gasteiger partial charge in [-0.3, -0.25) is 4.79 Å². The third-order valence-electron chi connectivity index (χ3n) is 0.461. The van der Waals surface area contributed by atoms with Crippen molar-refractivity contribution in [2.24, 2.45) is 0 Å². The Morgan fingerprint density at radius 3 is 2.00 bits per heavy atom. The van der Waals surface area contributed by atoms with Gasteiger partial charge >= 0.3 is 5.97 Å². The van der Waals surface area contributed by atoms with Gasteiger partial charge in [-0.05, 0) is 19.4 Å². The molecule has 8 heavy (non-hydrogen) atoms. The topological polar surface area (TPSA) is 26.3 Å². The van der Waals surface area contributed by atoms with Crippen LogP contribution < -0.4 is 0 Å². The van der Waals surface area contributed by atoms with Crippen molar-refractivity contribution in [1.29, 1.82) is 0 Å². The van der Waals surface area contributed by atoms with Gasteiger partial charge in [0.1, 0.15) is 0 Å². The average Bonchev–Trinajstić information content (AvgIpc) is 1.61. The molecule has 0 aliphatic heterocycles. The van der Waals surface area contributed by atoms with Crippen LogP contribution in [0.25, 0.3) is 0 Å². The number of carbonyl (C=O) groups is 1. The Labute approximate surface area is 49.1 Å². The molecular weight excluding hydrogens is 104 g/mol. The largest absolute Gasteiger partial charge is 0.435 e. The number of carbonyl (C=O) groups excluding carboxylic acids is 1. The predicted octanol–water partition coefficient (Wildman–Crippen LogP) is 1.47. The van der Waals surface area contributed by atoms with E-state index in [2.05, 4.69) is 4.74 Å². The van der Waals surface area contributed by atoms with Crippen molar-refractivity contribution in [2.45, 2.75) is 20.8 Å². The monoisotopic (exact) mass is 114 g/mol. The zero-order valence-electron chi connectivity index (χ0n) is 5.39. The van der Waals surface area contributed by atoms with Crippen LogP contribution in [-0.4, -0.2) is 5.97 Å². The third kappa shape index (κ3) is 5.21. The molecule has 0 aromatic rings. The number of hydrogen-bond donors (Lipinski definition) is 0. The molecule has 2 nitrogen and oxygen atoms in total. The Bertz CT molecular complexity index is 110. The lowest BCUT2D eigenvalue weighted by molar-refractivity contribution is -0.135. The molecule has 0 spiro atoms. The van der Waals surface area contributed by atoms with Crippen LogP contribution in [0.5, 0.6) is 0 Å². The van der Waals surface area contributed by atoms with Gasteiger partial charge in [-0.25, -0.2) is 0 Å². The maximum atomic E-state index is 10.1. The number of hydrogen-bond acceptors (Lipinski definition) is 2. The van der Waals surface area contributed by atoms with Crippen LogP contribution in [0.3, 0.4) is 0 Å². The van der Waals surface area contributed by atoms with E-state index in [4.69, 9.17) is 0 Å². The zero-order valence-corrected chi connectivity index (χ0v) is 5.39. The minimum atomic E-state index is -0.272. The van der Waals surface area contributed by atoms with Gasteiger partial charge in [-0.2, -0.15) is 0 Å². The normalized spacial score (nSPS) is 7.88.